The maximum Gasteiger partial charge on any atom is 0.280 e. The molecule has 0 aromatic heterocycles. The first kappa shape index (κ1) is 16.2. The van der Waals surface area contributed by atoms with Crippen LogP contribution in [-0.2, 0) is 4.79 Å². The largest absolute Gasteiger partial charge is 0.481 e. The van der Waals surface area contributed by atoms with Gasteiger partial charge in [0.1, 0.15) is 5.75 Å². The number of hydrogen-bond donors (Lipinski definition) is 1. The molecule has 0 saturated heterocycles. The number of aryl methyl sites for hydroxylation is 1. The average Bonchev–Trinajstić information content (AvgIpc) is 2.51. The van der Waals surface area contributed by atoms with Gasteiger partial charge in [-0.15, -0.1) is 0 Å². The Morgan fingerprint density at radius 3 is 2.45 bits per heavy atom. The third-order valence-corrected chi connectivity index (χ3v) is 3.49. The molecule has 0 heterocycles. The van der Waals surface area contributed by atoms with Crippen molar-refractivity contribution in [2.75, 3.05) is 0 Å². The normalized spacial score (nSPS) is 12.1. The average molecular weight is 361 g/mol. The Bertz CT molecular complexity index is 651. The van der Waals surface area contributed by atoms with E-state index >= 15 is 0 Å². The highest BCUT2D eigenvalue weighted by Gasteiger charge is 2.13. The van der Waals surface area contributed by atoms with Crippen LogP contribution in [-0.4, -0.2) is 18.2 Å². The summed E-state index contributed by atoms with van der Waals surface area (Å²) in [5, 5.41) is 3.94. The van der Waals surface area contributed by atoms with E-state index in [-0.39, 0.29) is 5.91 Å². The summed E-state index contributed by atoms with van der Waals surface area (Å²) in [6.07, 6.45) is 0.972. The SMILES string of the molecule is Cc1ccc(C=NNC(=O)[C@@H](C)Oc2ccc(Br)cc2)cc1. The van der Waals surface area contributed by atoms with Crippen molar-refractivity contribution in [3.8, 4) is 5.75 Å². The predicted octanol–water partition coefficient (Wildman–Crippen LogP) is 3.68. The lowest BCUT2D eigenvalue weighted by Crippen LogP contribution is -2.33. The molecule has 0 saturated carbocycles. The molecule has 0 aliphatic heterocycles. The number of nitrogens with one attached hydrogen (secondary N) is 1. The molecular formula is C17H17BrN2O2. The molecule has 0 unspecified atom stereocenters. The van der Waals surface area contributed by atoms with Crippen molar-refractivity contribution in [1.29, 1.82) is 0 Å². The molecular weight excluding hydrogens is 344 g/mol. The standard InChI is InChI=1S/C17H17BrN2O2/c1-12-3-5-14(6-4-12)11-19-20-17(21)13(2)22-16-9-7-15(18)8-10-16/h3-11,13H,1-2H3,(H,20,21)/t13-/m1/s1. The second kappa shape index (κ2) is 7.75. The Hall–Kier alpha value is -2.14. The number of halogens is 1. The summed E-state index contributed by atoms with van der Waals surface area (Å²) in [5.74, 6) is 0.333. The fourth-order valence-corrected chi connectivity index (χ4v) is 1.95. The molecule has 5 heteroatoms. The zero-order valence-electron chi connectivity index (χ0n) is 12.4. The zero-order chi connectivity index (χ0) is 15.9. The van der Waals surface area contributed by atoms with Gasteiger partial charge in [-0.05, 0) is 43.7 Å². The van der Waals surface area contributed by atoms with Crippen LogP contribution in [0.15, 0.2) is 58.1 Å². The van der Waals surface area contributed by atoms with E-state index in [1.165, 1.54) is 5.56 Å². The molecule has 2 aromatic rings. The molecule has 114 valence electrons. The topological polar surface area (TPSA) is 50.7 Å². The number of amides is 1. The molecule has 1 atom stereocenters. The third-order valence-electron chi connectivity index (χ3n) is 2.96. The van der Waals surface area contributed by atoms with E-state index in [0.29, 0.717) is 5.75 Å². The van der Waals surface area contributed by atoms with E-state index in [1.807, 2.05) is 43.3 Å². The molecule has 1 N–H and O–H groups in total. The van der Waals surface area contributed by atoms with Crippen molar-refractivity contribution in [2.45, 2.75) is 20.0 Å². The Morgan fingerprint density at radius 1 is 1.18 bits per heavy atom. The van der Waals surface area contributed by atoms with Gasteiger partial charge in [-0.3, -0.25) is 4.79 Å². The highest BCUT2D eigenvalue weighted by molar-refractivity contribution is 9.10. The van der Waals surface area contributed by atoms with Gasteiger partial charge in [-0.2, -0.15) is 5.10 Å². The first-order chi connectivity index (χ1) is 10.5. The quantitative estimate of drug-likeness (QED) is 0.653. The summed E-state index contributed by atoms with van der Waals surface area (Å²) < 4.78 is 6.50. The van der Waals surface area contributed by atoms with E-state index < -0.39 is 6.10 Å². The highest BCUT2D eigenvalue weighted by atomic mass is 79.9. The Balaban J connectivity index is 1.85. The van der Waals surface area contributed by atoms with Crippen LogP contribution in [0, 0.1) is 6.92 Å². The summed E-state index contributed by atoms with van der Waals surface area (Å²) in [6, 6.07) is 15.2. The van der Waals surface area contributed by atoms with Crippen LogP contribution in [0.5, 0.6) is 5.75 Å². The number of benzene rings is 2. The first-order valence-electron chi connectivity index (χ1n) is 6.86. The Kier molecular flexibility index (Phi) is 5.72. The summed E-state index contributed by atoms with van der Waals surface area (Å²) >= 11 is 3.35. The van der Waals surface area contributed by atoms with Gasteiger partial charge >= 0.3 is 0 Å². The van der Waals surface area contributed by atoms with Gasteiger partial charge in [0.15, 0.2) is 6.10 Å². The van der Waals surface area contributed by atoms with Crippen LogP contribution in [0.25, 0.3) is 0 Å². The molecule has 2 aromatic carbocycles. The lowest BCUT2D eigenvalue weighted by Gasteiger charge is -2.12. The van der Waals surface area contributed by atoms with Gasteiger partial charge in [-0.1, -0.05) is 45.8 Å². The fourth-order valence-electron chi connectivity index (χ4n) is 1.68. The number of hydrogen-bond acceptors (Lipinski definition) is 3. The van der Waals surface area contributed by atoms with E-state index in [0.717, 1.165) is 10.0 Å². The number of hydrazone groups is 1. The lowest BCUT2D eigenvalue weighted by molar-refractivity contribution is -0.127. The minimum Gasteiger partial charge on any atom is -0.481 e. The third kappa shape index (κ3) is 5.00. The van der Waals surface area contributed by atoms with E-state index in [9.17, 15) is 4.79 Å². The van der Waals surface area contributed by atoms with Crippen molar-refractivity contribution in [2.24, 2.45) is 5.10 Å². The molecule has 0 fully saturated rings. The van der Waals surface area contributed by atoms with Crippen molar-refractivity contribution >= 4 is 28.1 Å². The smallest absolute Gasteiger partial charge is 0.280 e. The van der Waals surface area contributed by atoms with Crippen LogP contribution in [0.3, 0.4) is 0 Å². The van der Waals surface area contributed by atoms with Crippen molar-refractivity contribution in [3.63, 3.8) is 0 Å². The number of rotatable bonds is 5. The number of carbonyl (C=O) groups excluding carboxylic acids is 1. The molecule has 0 aliphatic carbocycles. The van der Waals surface area contributed by atoms with Crippen LogP contribution < -0.4 is 10.2 Å². The van der Waals surface area contributed by atoms with E-state index in [1.54, 1.807) is 25.3 Å². The maximum absolute atomic E-state index is 11.9. The van der Waals surface area contributed by atoms with E-state index in [2.05, 4.69) is 26.5 Å². The highest BCUT2D eigenvalue weighted by Crippen LogP contribution is 2.17. The zero-order valence-corrected chi connectivity index (χ0v) is 14.0. The molecule has 0 spiro atoms. The van der Waals surface area contributed by atoms with Gasteiger partial charge < -0.3 is 4.74 Å². The van der Waals surface area contributed by atoms with Crippen LogP contribution >= 0.6 is 15.9 Å². The van der Waals surface area contributed by atoms with Gasteiger partial charge in [0, 0.05) is 4.47 Å². The minimum absolute atomic E-state index is 0.300. The fraction of sp³-hybridized carbons (Fsp3) is 0.176. The molecule has 0 aliphatic rings. The molecule has 0 radical (unpaired) electrons. The van der Waals surface area contributed by atoms with Crippen molar-refractivity contribution < 1.29 is 9.53 Å². The van der Waals surface area contributed by atoms with Crippen LogP contribution in [0.2, 0.25) is 0 Å². The molecule has 4 nitrogen and oxygen atoms in total. The minimum atomic E-state index is -0.628. The molecule has 2 rings (SSSR count). The monoisotopic (exact) mass is 360 g/mol. The number of ether oxygens (including phenoxy) is 1. The van der Waals surface area contributed by atoms with Crippen LogP contribution in [0.4, 0.5) is 0 Å². The Labute approximate surface area is 138 Å². The summed E-state index contributed by atoms with van der Waals surface area (Å²) in [7, 11) is 0. The molecule has 22 heavy (non-hydrogen) atoms. The van der Waals surface area contributed by atoms with Crippen molar-refractivity contribution in [1.82, 2.24) is 5.43 Å². The van der Waals surface area contributed by atoms with Crippen LogP contribution in [0.1, 0.15) is 18.1 Å². The van der Waals surface area contributed by atoms with Gasteiger partial charge in [0.05, 0.1) is 6.21 Å². The van der Waals surface area contributed by atoms with Gasteiger partial charge in [0.2, 0.25) is 0 Å². The Morgan fingerprint density at radius 2 is 1.82 bits per heavy atom. The second-order valence-corrected chi connectivity index (χ2v) is 5.77. The predicted molar refractivity (Wildman–Crippen MR) is 91.1 cm³/mol. The first-order valence-corrected chi connectivity index (χ1v) is 7.66. The van der Waals surface area contributed by atoms with Gasteiger partial charge in [-0.25, -0.2) is 5.43 Å². The lowest BCUT2D eigenvalue weighted by atomic mass is 10.2. The molecule has 0 bridgehead atoms. The van der Waals surface area contributed by atoms with Gasteiger partial charge in [0.25, 0.3) is 5.91 Å². The summed E-state index contributed by atoms with van der Waals surface area (Å²) in [4.78, 5) is 11.9. The van der Waals surface area contributed by atoms with Crippen molar-refractivity contribution in [3.05, 3.63) is 64.1 Å². The maximum atomic E-state index is 11.9. The molecule has 1 amide bonds. The summed E-state index contributed by atoms with van der Waals surface area (Å²) in [6.45, 7) is 3.70. The number of nitrogens with zero attached hydrogens (tertiary/aromatic N) is 1. The second-order valence-electron chi connectivity index (χ2n) is 4.86. The van der Waals surface area contributed by atoms with E-state index in [4.69, 9.17) is 4.74 Å². The number of carbonyl (C=O) groups is 1. The summed E-state index contributed by atoms with van der Waals surface area (Å²) in [5.41, 5.74) is 4.58.